The minimum Gasteiger partial charge on any atom is -0.275 e. The number of aromatic nitrogens is 2. The Morgan fingerprint density at radius 1 is 1.44 bits per heavy atom. The Morgan fingerprint density at radius 3 is 2.83 bits per heavy atom. The molecule has 0 spiro atoms. The maximum absolute atomic E-state index is 5.62. The van der Waals surface area contributed by atoms with E-state index in [-0.39, 0.29) is 6.04 Å². The van der Waals surface area contributed by atoms with Gasteiger partial charge in [-0.05, 0) is 18.6 Å². The number of nitrogens with two attached hydrogens (primary N) is 1. The summed E-state index contributed by atoms with van der Waals surface area (Å²) < 4.78 is 1.79. The summed E-state index contributed by atoms with van der Waals surface area (Å²) in [5, 5.41) is 4.17. The Balaban J connectivity index is 2.02. The summed E-state index contributed by atoms with van der Waals surface area (Å²) in [6.07, 6.45) is 3.84. The van der Waals surface area contributed by atoms with Gasteiger partial charge >= 0.3 is 0 Å². The highest BCUT2D eigenvalue weighted by Gasteiger charge is 2.12. The van der Waals surface area contributed by atoms with E-state index in [2.05, 4.69) is 41.7 Å². The number of aryl methyl sites for hydroxylation is 2. The average molecular weight is 262 g/mol. The highest BCUT2D eigenvalue weighted by atomic mass is 32.2. The smallest absolute Gasteiger partial charge is 0.0584 e. The summed E-state index contributed by atoms with van der Waals surface area (Å²) >= 11 is 1.80. The van der Waals surface area contributed by atoms with Crippen LogP contribution in [0.5, 0.6) is 0 Å². The summed E-state index contributed by atoms with van der Waals surface area (Å²) in [5.74, 6) is 6.50. The van der Waals surface area contributed by atoms with Crippen molar-refractivity contribution in [3.8, 4) is 0 Å². The number of nitrogens with zero attached hydrogens (tertiary/aromatic N) is 2. The number of hydrogen-bond acceptors (Lipinski definition) is 4. The van der Waals surface area contributed by atoms with Gasteiger partial charge in [-0.3, -0.25) is 16.0 Å². The van der Waals surface area contributed by atoms with Crippen LogP contribution in [0.15, 0.2) is 41.6 Å². The standard InChI is InChI=1S/C13H18N4S/c1-10-5-3-4-6-13(10)18-9-12(16-14)11-7-15-17(2)8-11/h3-8,12,16H,9,14H2,1-2H3. The molecule has 0 saturated carbocycles. The molecule has 1 aromatic heterocycles. The predicted octanol–water partition coefficient (Wildman–Crippen LogP) is 2.03. The lowest BCUT2D eigenvalue weighted by Crippen LogP contribution is -2.29. The fourth-order valence-corrected chi connectivity index (χ4v) is 2.86. The second-order valence-electron chi connectivity index (χ2n) is 4.24. The zero-order chi connectivity index (χ0) is 13.0. The molecule has 1 aromatic carbocycles. The Hall–Kier alpha value is -1.30. The molecule has 0 amide bonds. The van der Waals surface area contributed by atoms with Crippen molar-refractivity contribution in [2.75, 3.05) is 5.75 Å². The Morgan fingerprint density at radius 2 is 2.22 bits per heavy atom. The normalized spacial score (nSPS) is 12.6. The maximum atomic E-state index is 5.62. The van der Waals surface area contributed by atoms with Crippen LogP contribution in [0.3, 0.4) is 0 Å². The first-order valence-electron chi connectivity index (χ1n) is 5.84. The van der Waals surface area contributed by atoms with Crippen LogP contribution < -0.4 is 11.3 Å². The van der Waals surface area contributed by atoms with Crippen LogP contribution >= 0.6 is 11.8 Å². The number of hydrogen-bond donors (Lipinski definition) is 2. The lowest BCUT2D eigenvalue weighted by Gasteiger charge is -2.14. The maximum Gasteiger partial charge on any atom is 0.0584 e. The van der Waals surface area contributed by atoms with Gasteiger partial charge in [-0.15, -0.1) is 11.8 Å². The Labute approximate surface area is 112 Å². The van der Waals surface area contributed by atoms with Crippen molar-refractivity contribution in [3.63, 3.8) is 0 Å². The van der Waals surface area contributed by atoms with Gasteiger partial charge in [0.2, 0.25) is 0 Å². The summed E-state index contributed by atoms with van der Waals surface area (Å²) in [4.78, 5) is 1.29. The molecule has 1 unspecified atom stereocenters. The summed E-state index contributed by atoms with van der Waals surface area (Å²) in [5.41, 5.74) is 5.26. The van der Waals surface area contributed by atoms with E-state index >= 15 is 0 Å². The Kier molecular flexibility index (Phi) is 4.41. The van der Waals surface area contributed by atoms with Gasteiger partial charge in [0.05, 0.1) is 12.2 Å². The van der Waals surface area contributed by atoms with Gasteiger partial charge < -0.3 is 0 Å². The highest BCUT2D eigenvalue weighted by Crippen LogP contribution is 2.26. The number of rotatable bonds is 5. The quantitative estimate of drug-likeness (QED) is 0.492. The van der Waals surface area contributed by atoms with Crippen LogP contribution in [0.25, 0.3) is 0 Å². The molecular formula is C13H18N4S. The molecule has 1 atom stereocenters. The van der Waals surface area contributed by atoms with Crippen LogP contribution in [0.4, 0.5) is 0 Å². The molecule has 0 fully saturated rings. The highest BCUT2D eigenvalue weighted by molar-refractivity contribution is 7.99. The molecule has 1 heterocycles. The van der Waals surface area contributed by atoms with E-state index in [9.17, 15) is 0 Å². The number of thioether (sulfide) groups is 1. The van der Waals surface area contributed by atoms with Gasteiger partial charge in [-0.25, -0.2) is 0 Å². The van der Waals surface area contributed by atoms with Gasteiger partial charge in [-0.1, -0.05) is 18.2 Å². The third-order valence-electron chi connectivity index (χ3n) is 2.83. The Bertz CT molecular complexity index is 509. The van der Waals surface area contributed by atoms with Gasteiger partial charge in [0.1, 0.15) is 0 Å². The molecule has 0 bridgehead atoms. The van der Waals surface area contributed by atoms with E-state index in [1.807, 2.05) is 19.4 Å². The van der Waals surface area contributed by atoms with Crippen molar-refractivity contribution in [2.24, 2.45) is 12.9 Å². The molecule has 3 N–H and O–H groups in total. The first-order valence-corrected chi connectivity index (χ1v) is 6.82. The summed E-state index contributed by atoms with van der Waals surface area (Å²) in [6, 6.07) is 8.49. The molecule has 5 heteroatoms. The van der Waals surface area contributed by atoms with Crippen molar-refractivity contribution < 1.29 is 0 Å². The van der Waals surface area contributed by atoms with Crippen molar-refractivity contribution in [2.45, 2.75) is 17.9 Å². The SMILES string of the molecule is Cc1ccccc1SCC(NN)c1cnn(C)c1. The van der Waals surface area contributed by atoms with Gasteiger partial charge in [0.25, 0.3) is 0 Å². The third-order valence-corrected chi connectivity index (χ3v) is 4.10. The van der Waals surface area contributed by atoms with Crippen molar-refractivity contribution in [1.82, 2.24) is 15.2 Å². The van der Waals surface area contributed by atoms with E-state index in [0.29, 0.717) is 0 Å². The molecule has 0 aliphatic heterocycles. The van der Waals surface area contributed by atoms with Crippen LogP contribution in [0.1, 0.15) is 17.2 Å². The molecule has 0 saturated heterocycles. The summed E-state index contributed by atoms with van der Waals surface area (Å²) in [6.45, 7) is 2.12. The second-order valence-corrected chi connectivity index (χ2v) is 5.30. The molecule has 0 aliphatic rings. The third kappa shape index (κ3) is 3.13. The largest absolute Gasteiger partial charge is 0.275 e. The average Bonchev–Trinajstić information content (AvgIpc) is 2.79. The number of hydrazine groups is 1. The first kappa shape index (κ1) is 13.1. The first-order chi connectivity index (χ1) is 8.70. The van der Waals surface area contributed by atoms with E-state index < -0.39 is 0 Å². The van der Waals surface area contributed by atoms with Crippen molar-refractivity contribution in [1.29, 1.82) is 0 Å². The number of nitrogens with one attached hydrogen (secondary N) is 1. The van der Waals surface area contributed by atoms with Crippen LogP contribution in [-0.4, -0.2) is 15.5 Å². The fraction of sp³-hybridized carbons (Fsp3) is 0.308. The molecule has 96 valence electrons. The molecule has 2 aromatic rings. The minimum atomic E-state index is 0.114. The summed E-state index contributed by atoms with van der Waals surface area (Å²) in [7, 11) is 1.91. The van der Waals surface area contributed by atoms with Crippen LogP contribution in [0.2, 0.25) is 0 Å². The van der Waals surface area contributed by atoms with Gasteiger partial charge in [0, 0.05) is 29.5 Å². The van der Waals surface area contributed by atoms with Crippen LogP contribution in [0, 0.1) is 6.92 Å². The van der Waals surface area contributed by atoms with Gasteiger partial charge in [0.15, 0.2) is 0 Å². The van der Waals surface area contributed by atoms with E-state index in [4.69, 9.17) is 5.84 Å². The molecule has 2 rings (SSSR count). The van der Waals surface area contributed by atoms with Crippen molar-refractivity contribution in [3.05, 3.63) is 47.8 Å². The number of benzene rings is 1. The van der Waals surface area contributed by atoms with Crippen LogP contribution in [-0.2, 0) is 7.05 Å². The molecule has 0 radical (unpaired) electrons. The lowest BCUT2D eigenvalue weighted by molar-refractivity contribution is 0.610. The van der Waals surface area contributed by atoms with E-state index in [0.717, 1.165) is 11.3 Å². The minimum absolute atomic E-state index is 0.114. The molecule has 18 heavy (non-hydrogen) atoms. The zero-order valence-electron chi connectivity index (χ0n) is 10.6. The monoisotopic (exact) mass is 262 g/mol. The fourth-order valence-electron chi connectivity index (χ4n) is 1.75. The molecule has 0 aliphatic carbocycles. The van der Waals surface area contributed by atoms with Gasteiger partial charge in [-0.2, -0.15) is 5.10 Å². The molecular weight excluding hydrogens is 244 g/mol. The van der Waals surface area contributed by atoms with E-state index in [1.54, 1.807) is 16.4 Å². The second kappa shape index (κ2) is 6.04. The lowest BCUT2D eigenvalue weighted by atomic mass is 10.2. The zero-order valence-corrected chi connectivity index (χ0v) is 11.4. The topological polar surface area (TPSA) is 55.9 Å². The van der Waals surface area contributed by atoms with Crippen molar-refractivity contribution >= 4 is 11.8 Å². The van der Waals surface area contributed by atoms with E-state index in [1.165, 1.54) is 10.5 Å². The molecule has 4 nitrogen and oxygen atoms in total. The predicted molar refractivity (Wildman–Crippen MR) is 75.2 cm³/mol.